The fourth-order valence-corrected chi connectivity index (χ4v) is 5.67. The molecule has 13 nitrogen and oxygen atoms in total. The highest BCUT2D eigenvalue weighted by Gasteiger charge is 2.41. The quantitative estimate of drug-likeness (QED) is 0.137. The third kappa shape index (κ3) is 12.7. The number of hydrogen-bond donors (Lipinski definition) is 4. The molecule has 1 aliphatic rings. The molecule has 0 spiro atoms. The van der Waals surface area contributed by atoms with E-state index >= 15 is 0 Å². The van der Waals surface area contributed by atoms with Gasteiger partial charge in [-0.3, -0.25) is 14.4 Å². The number of aliphatic carboxylic acids is 1. The summed E-state index contributed by atoms with van der Waals surface area (Å²) in [5.41, 5.74) is -0.966. The summed E-state index contributed by atoms with van der Waals surface area (Å²) in [7, 11) is 0. The predicted octanol–water partition coefficient (Wildman–Crippen LogP) is 4.39. The molecule has 1 aliphatic heterocycles. The number of unbranched alkanes of at least 4 members (excludes halogenated alkanes) is 1. The van der Waals surface area contributed by atoms with Crippen LogP contribution in [0.3, 0.4) is 0 Å². The molecule has 4 amide bonds. The van der Waals surface area contributed by atoms with Crippen molar-refractivity contribution < 1.29 is 43.3 Å². The molecule has 0 saturated carbocycles. The number of carbonyl (C=O) groups is 6. The number of rotatable bonds is 17. The van der Waals surface area contributed by atoms with Gasteiger partial charge in [0.05, 0.1) is 12.2 Å². The SMILES string of the molecule is CC[C@](C)(NC(=O)[C@H](CCCCOC(=O)c1ccccc1)NC(=O)OC(C)(C)C)C(=O)N[C@@H](CCc1ccccc1)C(=O)N1CCC[C@@H]1C(=O)O. The number of nitrogens with zero attached hydrogens (tertiary/aromatic N) is 1. The molecule has 0 aliphatic carbocycles. The summed E-state index contributed by atoms with van der Waals surface area (Å²) in [6.07, 6.45) is 1.79. The number of aryl methyl sites for hydroxylation is 1. The second-order valence-electron chi connectivity index (χ2n) is 13.9. The number of carboxylic acids is 1. The predicted molar refractivity (Wildman–Crippen MR) is 190 cm³/mol. The molecule has 1 saturated heterocycles. The number of ether oxygens (including phenoxy) is 2. The molecular formula is C38H52N4O9. The third-order valence-corrected chi connectivity index (χ3v) is 8.73. The Morgan fingerprint density at radius 2 is 1.53 bits per heavy atom. The lowest BCUT2D eigenvalue weighted by Crippen LogP contribution is -2.63. The summed E-state index contributed by atoms with van der Waals surface area (Å²) in [5.74, 6) is -3.33. The molecule has 4 atom stereocenters. The number of carboxylic acid groups (broad SMARTS) is 1. The number of esters is 1. The highest BCUT2D eigenvalue weighted by molar-refractivity contribution is 5.97. The van der Waals surface area contributed by atoms with Crippen LogP contribution in [0.2, 0.25) is 0 Å². The Bertz CT molecular complexity index is 1500. The first-order valence-electron chi connectivity index (χ1n) is 17.6. The van der Waals surface area contributed by atoms with Crippen molar-refractivity contribution >= 4 is 35.8 Å². The summed E-state index contributed by atoms with van der Waals surface area (Å²) >= 11 is 0. The molecule has 2 aromatic carbocycles. The van der Waals surface area contributed by atoms with Gasteiger partial charge in [0.15, 0.2) is 0 Å². The molecular weight excluding hydrogens is 656 g/mol. The Balaban J connectivity index is 1.72. The highest BCUT2D eigenvalue weighted by atomic mass is 16.6. The molecule has 4 N–H and O–H groups in total. The van der Waals surface area contributed by atoms with Crippen LogP contribution in [0.25, 0.3) is 0 Å². The van der Waals surface area contributed by atoms with Crippen LogP contribution in [0.1, 0.15) is 95.5 Å². The van der Waals surface area contributed by atoms with Crippen molar-refractivity contribution in [3.63, 3.8) is 0 Å². The number of hydrogen-bond acceptors (Lipinski definition) is 8. The third-order valence-electron chi connectivity index (χ3n) is 8.73. The van der Waals surface area contributed by atoms with Gasteiger partial charge in [-0.1, -0.05) is 55.5 Å². The van der Waals surface area contributed by atoms with Gasteiger partial charge in [-0.05, 0) is 96.8 Å². The first kappa shape index (κ1) is 40.5. The fourth-order valence-electron chi connectivity index (χ4n) is 5.67. The van der Waals surface area contributed by atoms with Crippen molar-refractivity contribution in [2.75, 3.05) is 13.2 Å². The van der Waals surface area contributed by atoms with E-state index in [0.29, 0.717) is 37.7 Å². The molecule has 0 bridgehead atoms. The molecule has 3 rings (SSSR count). The van der Waals surface area contributed by atoms with Crippen molar-refractivity contribution in [1.29, 1.82) is 0 Å². The van der Waals surface area contributed by atoms with E-state index in [2.05, 4.69) is 16.0 Å². The minimum Gasteiger partial charge on any atom is -0.480 e. The lowest BCUT2D eigenvalue weighted by molar-refractivity contribution is -0.149. The molecule has 0 radical (unpaired) electrons. The van der Waals surface area contributed by atoms with Crippen LogP contribution in [0.5, 0.6) is 0 Å². The van der Waals surface area contributed by atoms with Gasteiger partial charge in [-0.15, -0.1) is 0 Å². The van der Waals surface area contributed by atoms with Crippen LogP contribution in [0.15, 0.2) is 60.7 Å². The second-order valence-corrected chi connectivity index (χ2v) is 13.9. The maximum atomic E-state index is 13.9. The van der Waals surface area contributed by atoms with Crippen LogP contribution in [-0.4, -0.2) is 88.2 Å². The Morgan fingerprint density at radius 1 is 0.882 bits per heavy atom. The summed E-state index contributed by atoms with van der Waals surface area (Å²) in [5, 5.41) is 17.9. The van der Waals surface area contributed by atoms with Crippen molar-refractivity contribution in [1.82, 2.24) is 20.9 Å². The minimum atomic E-state index is -1.50. The zero-order valence-corrected chi connectivity index (χ0v) is 30.2. The molecule has 13 heteroatoms. The van der Waals surface area contributed by atoms with E-state index in [1.807, 2.05) is 30.3 Å². The van der Waals surface area contributed by atoms with E-state index in [9.17, 15) is 33.9 Å². The van der Waals surface area contributed by atoms with Crippen molar-refractivity contribution in [3.05, 3.63) is 71.8 Å². The van der Waals surface area contributed by atoms with Crippen molar-refractivity contribution in [2.24, 2.45) is 0 Å². The van der Waals surface area contributed by atoms with Gasteiger partial charge >= 0.3 is 18.0 Å². The van der Waals surface area contributed by atoms with E-state index in [-0.39, 0.29) is 32.4 Å². The fraction of sp³-hybridized carbons (Fsp3) is 0.526. The summed E-state index contributed by atoms with van der Waals surface area (Å²) in [4.78, 5) is 79.7. The largest absolute Gasteiger partial charge is 0.480 e. The Morgan fingerprint density at radius 3 is 2.14 bits per heavy atom. The average molecular weight is 709 g/mol. The van der Waals surface area contributed by atoms with E-state index in [0.717, 1.165) is 5.56 Å². The molecule has 2 aromatic rings. The number of alkyl carbamates (subject to hydrolysis) is 1. The summed E-state index contributed by atoms with van der Waals surface area (Å²) in [6, 6.07) is 14.9. The number of carbonyl (C=O) groups excluding carboxylic acids is 5. The molecule has 51 heavy (non-hydrogen) atoms. The maximum absolute atomic E-state index is 13.9. The topological polar surface area (TPSA) is 180 Å². The molecule has 0 unspecified atom stereocenters. The van der Waals surface area contributed by atoms with Gasteiger partial charge < -0.3 is 35.4 Å². The number of nitrogens with one attached hydrogen (secondary N) is 3. The summed E-state index contributed by atoms with van der Waals surface area (Å²) < 4.78 is 10.7. The molecule has 0 aromatic heterocycles. The Kier molecular flexibility index (Phi) is 15.0. The standard InChI is InChI=1S/C38H52N4O9/c1-6-38(5,35(48)39-29(23-22-26-16-9-7-10-17-26)32(44)42-24-15-21-30(42)33(45)46)41-31(43)28(40-36(49)51-37(2,3)4)20-13-14-25-50-34(47)27-18-11-8-12-19-27/h7-12,16-19,28-30H,6,13-15,20-25H2,1-5H3,(H,39,48)(H,40,49)(H,41,43)(H,45,46)/t28-,29-,30+,38-/m0/s1. The minimum absolute atomic E-state index is 0.0989. The van der Waals surface area contributed by atoms with Crippen LogP contribution in [0.4, 0.5) is 4.79 Å². The summed E-state index contributed by atoms with van der Waals surface area (Å²) in [6.45, 7) is 8.68. The molecule has 1 heterocycles. The maximum Gasteiger partial charge on any atom is 0.408 e. The first-order chi connectivity index (χ1) is 24.1. The zero-order valence-electron chi connectivity index (χ0n) is 30.2. The van der Waals surface area contributed by atoms with Crippen molar-refractivity contribution in [3.8, 4) is 0 Å². The number of benzene rings is 2. The average Bonchev–Trinajstić information content (AvgIpc) is 3.59. The highest BCUT2D eigenvalue weighted by Crippen LogP contribution is 2.21. The second kappa shape index (κ2) is 18.9. The van der Waals surface area contributed by atoms with Gasteiger partial charge in [0.25, 0.3) is 0 Å². The van der Waals surface area contributed by atoms with E-state index < -0.39 is 65.0 Å². The van der Waals surface area contributed by atoms with Crippen LogP contribution >= 0.6 is 0 Å². The molecule has 278 valence electrons. The van der Waals surface area contributed by atoms with Crippen LogP contribution in [0, 0.1) is 0 Å². The lowest BCUT2D eigenvalue weighted by atomic mass is 9.94. The lowest BCUT2D eigenvalue weighted by Gasteiger charge is -2.34. The van der Waals surface area contributed by atoms with E-state index in [1.165, 1.54) is 11.8 Å². The zero-order chi connectivity index (χ0) is 37.6. The van der Waals surface area contributed by atoms with Gasteiger partial charge in [0, 0.05) is 6.54 Å². The number of likely N-dealkylation sites (tertiary alicyclic amines) is 1. The van der Waals surface area contributed by atoms with Gasteiger partial charge in [-0.25, -0.2) is 14.4 Å². The normalized spacial score (nSPS) is 16.6. The Labute approximate surface area is 299 Å². The van der Waals surface area contributed by atoms with Gasteiger partial charge in [0.2, 0.25) is 17.7 Å². The first-order valence-corrected chi connectivity index (χ1v) is 17.6. The van der Waals surface area contributed by atoms with E-state index in [4.69, 9.17) is 9.47 Å². The van der Waals surface area contributed by atoms with Gasteiger partial charge in [-0.2, -0.15) is 0 Å². The molecule has 1 fully saturated rings. The van der Waals surface area contributed by atoms with Crippen LogP contribution < -0.4 is 16.0 Å². The van der Waals surface area contributed by atoms with Crippen molar-refractivity contribution in [2.45, 2.75) is 115 Å². The van der Waals surface area contributed by atoms with Crippen LogP contribution in [-0.2, 0) is 35.1 Å². The Hall–Kier alpha value is -4.94. The smallest absolute Gasteiger partial charge is 0.408 e. The number of amides is 4. The van der Waals surface area contributed by atoms with Gasteiger partial charge in [0.1, 0.15) is 29.3 Å². The monoisotopic (exact) mass is 708 g/mol. The van der Waals surface area contributed by atoms with E-state index in [1.54, 1.807) is 58.0 Å².